The molecule has 3 rings (SSSR count). The van der Waals surface area contributed by atoms with Crippen molar-refractivity contribution in [3.63, 3.8) is 0 Å². The average molecular weight is 257 g/mol. The minimum atomic E-state index is 0.294. The van der Waals surface area contributed by atoms with E-state index in [1.807, 2.05) is 12.3 Å². The van der Waals surface area contributed by atoms with Gasteiger partial charge in [0.2, 0.25) is 0 Å². The van der Waals surface area contributed by atoms with Gasteiger partial charge in [-0.25, -0.2) is 0 Å². The Labute approximate surface area is 113 Å². The molecule has 19 heavy (non-hydrogen) atoms. The van der Waals surface area contributed by atoms with Crippen molar-refractivity contribution in [1.29, 1.82) is 0 Å². The predicted octanol–water partition coefficient (Wildman–Crippen LogP) is 2.08. The van der Waals surface area contributed by atoms with E-state index in [0.717, 1.165) is 42.8 Å². The summed E-state index contributed by atoms with van der Waals surface area (Å²) < 4.78 is 0. The number of nitrogens with zero attached hydrogens (tertiary/aromatic N) is 3. The SMILES string of the molecule is CN1CCCN(c2cnc3ccc(O)cc3c2)CC1. The third kappa shape index (κ3) is 2.63. The summed E-state index contributed by atoms with van der Waals surface area (Å²) in [4.78, 5) is 9.22. The van der Waals surface area contributed by atoms with Gasteiger partial charge in [-0.05, 0) is 44.3 Å². The average Bonchev–Trinajstić information content (AvgIpc) is 2.63. The van der Waals surface area contributed by atoms with Gasteiger partial charge >= 0.3 is 0 Å². The number of phenolic OH excluding ortho intramolecular Hbond substituents is 1. The number of benzene rings is 1. The summed E-state index contributed by atoms with van der Waals surface area (Å²) in [6.07, 6.45) is 3.11. The van der Waals surface area contributed by atoms with E-state index in [0.29, 0.717) is 5.75 Å². The molecule has 4 heteroatoms. The molecule has 1 aliphatic rings. The molecule has 1 fully saturated rings. The molecule has 0 unspecified atom stereocenters. The number of fused-ring (bicyclic) bond motifs is 1. The summed E-state index contributed by atoms with van der Waals surface area (Å²) in [7, 11) is 2.17. The fourth-order valence-corrected chi connectivity index (χ4v) is 2.59. The summed E-state index contributed by atoms with van der Waals surface area (Å²) in [6, 6.07) is 7.42. The van der Waals surface area contributed by atoms with Crippen LogP contribution in [-0.2, 0) is 0 Å². The zero-order valence-corrected chi connectivity index (χ0v) is 11.2. The number of aromatic nitrogens is 1. The van der Waals surface area contributed by atoms with Crippen LogP contribution in [0.5, 0.6) is 5.75 Å². The lowest BCUT2D eigenvalue weighted by Crippen LogP contribution is -2.28. The van der Waals surface area contributed by atoms with Gasteiger partial charge in [-0.3, -0.25) is 4.98 Å². The molecule has 1 N–H and O–H groups in total. The second-order valence-electron chi connectivity index (χ2n) is 5.21. The van der Waals surface area contributed by atoms with Gasteiger partial charge in [0.1, 0.15) is 5.75 Å². The first-order chi connectivity index (χ1) is 9.22. The van der Waals surface area contributed by atoms with Crippen molar-refractivity contribution >= 4 is 16.6 Å². The quantitative estimate of drug-likeness (QED) is 0.849. The number of likely N-dealkylation sites (N-methyl/N-ethyl adjacent to an activating group) is 1. The first kappa shape index (κ1) is 12.2. The number of aromatic hydroxyl groups is 1. The van der Waals surface area contributed by atoms with Crippen molar-refractivity contribution in [2.24, 2.45) is 0 Å². The van der Waals surface area contributed by atoms with Crippen LogP contribution in [0.2, 0.25) is 0 Å². The first-order valence-electron chi connectivity index (χ1n) is 6.75. The number of rotatable bonds is 1. The molecule has 0 amide bonds. The third-order valence-corrected chi connectivity index (χ3v) is 3.74. The van der Waals surface area contributed by atoms with Crippen LogP contribution in [0.4, 0.5) is 5.69 Å². The van der Waals surface area contributed by atoms with Crippen LogP contribution in [-0.4, -0.2) is 48.2 Å². The molecule has 2 aromatic rings. The van der Waals surface area contributed by atoms with Crippen molar-refractivity contribution in [1.82, 2.24) is 9.88 Å². The van der Waals surface area contributed by atoms with E-state index >= 15 is 0 Å². The van der Waals surface area contributed by atoms with Gasteiger partial charge in [0.15, 0.2) is 0 Å². The molecular weight excluding hydrogens is 238 g/mol. The summed E-state index contributed by atoms with van der Waals surface area (Å²) in [5, 5.41) is 10.6. The molecule has 0 aliphatic carbocycles. The minimum absolute atomic E-state index is 0.294. The van der Waals surface area contributed by atoms with Gasteiger partial charge < -0.3 is 14.9 Å². The standard InChI is InChI=1S/C15H19N3O/c1-17-5-2-6-18(8-7-17)13-9-12-10-14(19)3-4-15(12)16-11-13/h3-4,9-11,19H,2,5-8H2,1H3. The fourth-order valence-electron chi connectivity index (χ4n) is 2.59. The molecule has 2 heterocycles. The molecule has 1 aliphatic heterocycles. The van der Waals surface area contributed by atoms with E-state index in [1.165, 1.54) is 6.42 Å². The lowest BCUT2D eigenvalue weighted by molar-refractivity contribution is 0.360. The molecule has 1 aromatic carbocycles. The molecule has 1 aromatic heterocycles. The van der Waals surface area contributed by atoms with Crippen LogP contribution < -0.4 is 4.90 Å². The highest BCUT2D eigenvalue weighted by Crippen LogP contribution is 2.23. The molecule has 0 spiro atoms. The maximum Gasteiger partial charge on any atom is 0.116 e. The predicted molar refractivity (Wildman–Crippen MR) is 77.7 cm³/mol. The molecule has 0 atom stereocenters. The number of anilines is 1. The van der Waals surface area contributed by atoms with Crippen LogP contribution in [0.1, 0.15) is 6.42 Å². The molecule has 4 nitrogen and oxygen atoms in total. The Morgan fingerprint density at radius 3 is 2.89 bits per heavy atom. The molecule has 0 saturated carbocycles. The second kappa shape index (κ2) is 5.05. The van der Waals surface area contributed by atoms with Crippen LogP contribution in [0.15, 0.2) is 30.5 Å². The summed E-state index contributed by atoms with van der Waals surface area (Å²) >= 11 is 0. The van der Waals surface area contributed by atoms with Crippen LogP contribution in [0.25, 0.3) is 10.9 Å². The molecule has 0 radical (unpaired) electrons. The Hall–Kier alpha value is -1.81. The minimum Gasteiger partial charge on any atom is -0.508 e. The fraction of sp³-hybridized carbons (Fsp3) is 0.400. The summed E-state index contributed by atoms with van der Waals surface area (Å²) in [5.74, 6) is 0.294. The number of hydrogen-bond donors (Lipinski definition) is 1. The van der Waals surface area contributed by atoms with Gasteiger partial charge in [-0.1, -0.05) is 0 Å². The Kier molecular flexibility index (Phi) is 3.25. The lowest BCUT2D eigenvalue weighted by atomic mass is 10.2. The van der Waals surface area contributed by atoms with Gasteiger partial charge in [0, 0.05) is 25.0 Å². The highest BCUT2D eigenvalue weighted by atomic mass is 16.3. The highest BCUT2D eigenvalue weighted by Gasteiger charge is 2.13. The van der Waals surface area contributed by atoms with Gasteiger partial charge in [0.25, 0.3) is 0 Å². The van der Waals surface area contributed by atoms with Crippen LogP contribution in [0, 0.1) is 0 Å². The zero-order valence-electron chi connectivity index (χ0n) is 11.2. The monoisotopic (exact) mass is 257 g/mol. The Balaban J connectivity index is 1.91. The maximum absolute atomic E-state index is 9.56. The number of phenols is 1. The van der Waals surface area contributed by atoms with Gasteiger partial charge in [0.05, 0.1) is 17.4 Å². The highest BCUT2D eigenvalue weighted by molar-refractivity contribution is 5.83. The van der Waals surface area contributed by atoms with Crippen molar-refractivity contribution in [3.8, 4) is 5.75 Å². The van der Waals surface area contributed by atoms with Crippen molar-refractivity contribution < 1.29 is 5.11 Å². The topological polar surface area (TPSA) is 39.6 Å². The van der Waals surface area contributed by atoms with E-state index in [-0.39, 0.29) is 0 Å². The Morgan fingerprint density at radius 2 is 2.00 bits per heavy atom. The summed E-state index contributed by atoms with van der Waals surface area (Å²) in [5.41, 5.74) is 2.07. The molecule has 0 bridgehead atoms. The lowest BCUT2D eigenvalue weighted by Gasteiger charge is -2.22. The maximum atomic E-state index is 9.56. The van der Waals surface area contributed by atoms with E-state index in [2.05, 4.69) is 27.9 Å². The van der Waals surface area contributed by atoms with Gasteiger partial charge in [-0.2, -0.15) is 0 Å². The normalized spacial score (nSPS) is 17.6. The van der Waals surface area contributed by atoms with E-state index in [1.54, 1.807) is 12.1 Å². The Morgan fingerprint density at radius 1 is 1.11 bits per heavy atom. The van der Waals surface area contributed by atoms with Crippen molar-refractivity contribution in [2.75, 3.05) is 38.1 Å². The first-order valence-corrected chi connectivity index (χ1v) is 6.75. The molecule has 1 saturated heterocycles. The summed E-state index contributed by atoms with van der Waals surface area (Å²) in [6.45, 7) is 4.33. The van der Waals surface area contributed by atoms with Crippen molar-refractivity contribution in [2.45, 2.75) is 6.42 Å². The van der Waals surface area contributed by atoms with E-state index < -0.39 is 0 Å². The van der Waals surface area contributed by atoms with Gasteiger partial charge in [-0.15, -0.1) is 0 Å². The van der Waals surface area contributed by atoms with E-state index in [4.69, 9.17) is 0 Å². The van der Waals surface area contributed by atoms with Crippen LogP contribution >= 0.6 is 0 Å². The smallest absolute Gasteiger partial charge is 0.116 e. The zero-order chi connectivity index (χ0) is 13.2. The molecular formula is C15H19N3O. The second-order valence-corrected chi connectivity index (χ2v) is 5.21. The van der Waals surface area contributed by atoms with Crippen LogP contribution in [0.3, 0.4) is 0 Å². The third-order valence-electron chi connectivity index (χ3n) is 3.74. The number of pyridine rings is 1. The largest absolute Gasteiger partial charge is 0.508 e. The Bertz CT molecular complexity index is 585. The van der Waals surface area contributed by atoms with E-state index in [9.17, 15) is 5.11 Å². The van der Waals surface area contributed by atoms with Crippen molar-refractivity contribution in [3.05, 3.63) is 30.5 Å². The number of hydrogen-bond acceptors (Lipinski definition) is 4. The molecule has 100 valence electrons.